The largest absolute Gasteiger partial charge is 0.130 e. The van der Waals surface area contributed by atoms with Crippen molar-refractivity contribution in [3.05, 3.63) is 52.6 Å². The molecule has 0 N–H and O–H groups in total. The van der Waals surface area contributed by atoms with E-state index in [1.165, 1.54) is 9.13 Å². The topological polar surface area (TPSA) is 0 Å². The Morgan fingerprint density at radius 3 is 2.71 bits per heavy atom. The lowest BCUT2D eigenvalue weighted by Gasteiger charge is -2.11. The van der Waals surface area contributed by atoms with Gasteiger partial charge in [-0.3, -0.25) is 0 Å². The molecule has 5 heteroatoms. The summed E-state index contributed by atoms with van der Waals surface area (Å²) in [6.45, 7) is 2.09. The van der Waals surface area contributed by atoms with E-state index >= 15 is 0 Å². The summed E-state index contributed by atoms with van der Waals surface area (Å²) in [5, 5.41) is 0.578. The van der Waals surface area contributed by atoms with Gasteiger partial charge < -0.3 is 0 Å². The van der Waals surface area contributed by atoms with Gasteiger partial charge in [0, 0.05) is 8.45 Å². The van der Waals surface area contributed by atoms with E-state index in [1.54, 1.807) is 11.3 Å². The normalized spacial score (nSPS) is 12.8. The van der Waals surface area contributed by atoms with Gasteiger partial charge >= 0.3 is 0 Å². The van der Waals surface area contributed by atoms with Gasteiger partial charge in [0.2, 0.25) is 0 Å². The second-order valence-electron chi connectivity index (χ2n) is 3.61. The average molecular weight is 462 g/mol. The second-order valence-corrected chi connectivity index (χ2v) is 7.94. The first kappa shape index (κ1) is 14.1. The summed E-state index contributed by atoms with van der Waals surface area (Å²) in [5.74, 6) is 0. The Morgan fingerprint density at radius 2 is 2.12 bits per heavy atom. The number of hydrogen-bond acceptors (Lipinski definition) is 1. The summed E-state index contributed by atoms with van der Waals surface area (Å²) in [6.07, 6.45) is 0. The highest BCUT2D eigenvalue weighted by molar-refractivity contribution is 14.1. The van der Waals surface area contributed by atoms with Crippen LogP contribution in [-0.4, -0.2) is 0 Å². The number of thiophene rings is 1. The molecular weight excluding hydrogens is 454 g/mol. The van der Waals surface area contributed by atoms with Crippen molar-refractivity contribution < 1.29 is 0 Å². The summed E-state index contributed by atoms with van der Waals surface area (Å²) in [4.78, 5) is 1.06. The van der Waals surface area contributed by atoms with E-state index in [2.05, 4.69) is 57.6 Å². The summed E-state index contributed by atoms with van der Waals surface area (Å²) >= 11 is 19.9. The molecule has 1 atom stereocenters. The molecule has 1 unspecified atom stereocenters. The van der Waals surface area contributed by atoms with Crippen molar-refractivity contribution in [1.82, 2.24) is 0 Å². The first-order valence-corrected chi connectivity index (χ1v) is 8.34. The van der Waals surface area contributed by atoms with Gasteiger partial charge in [-0.25, -0.2) is 0 Å². The number of halogens is 4. The van der Waals surface area contributed by atoms with Crippen LogP contribution < -0.4 is 0 Å². The Morgan fingerprint density at radius 1 is 1.41 bits per heavy atom. The molecule has 0 bridgehead atoms. The van der Waals surface area contributed by atoms with Crippen LogP contribution >= 0.6 is 73.1 Å². The first-order valence-electron chi connectivity index (χ1n) is 4.84. The van der Waals surface area contributed by atoms with Crippen molar-refractivity contribution in [3.8, 4) is 0 Å². The van der Waals surface area contributed by atoms with Gasteiger partial charge in [-0.05, 0) is 62.6 Å². The molecule has 0 aliphatic rings. The van der Waals surface area contributed by atoms with E-state index in [0.29, 0.717) is 0 Å². The SMILES string of the molecule is Cc1cccc(C(Cl)c2cc(Cl)c(Br)s2)c1I. The van der Waals surface area contributed by atoms with Gasteiger partial charge in [0.15, 0.2) is 0 Å². The van der Waals surface area contributed by atoms with E-state index in [4.69, 9.17) is 23.2 Å². The van der Waals surface area contributed by atoms with Crippen LogP contribution in [0.3, 0.4) is 0 Å². The monoisotopic (exact) mass is 460 g/mol. The molecule has 0 fully saturated rings. The fraction of sp³-hybridized carbons (Fsp3) is 0.167. The maximum absolute atomic E-state index is 6.52. The Bertz CT molecular complexity index is 534. The summed E-state index contributed by atoms with van der Waals surface area (Å²) < 4.78 is 2.15. The van der Waals surface area contributed by atoms with Crippen molar-refractivity contribution in [2.75, 3.05) is 0 Å². The fourth-order valence-corrected chi connectivity index (χ4v) is 4.48. The fourth-order valence-electron chi connectivity index (χ4n) is 1.51. The minimum atomic E-state index is -0.143. The van der Waals surface area contributed by atoms with Crippen LogP contribution in [-0.2, 0) is 0 Å². The van der Waals surface area contributed by atoms with E-state index in [9.17, 15) is 0 Å². The van der Waals surface area contributed by atoms with Crippen LogP contribution in [0.2, 0.25) is 5.02 Å². The molecule has 0 aliphatic carbocycles. The average Bonchev–Trinajstić information content (AvgIpc) is 2.62. The van der Waals surface area contributed by atoms with Crippen LogP contribution in [0, 0.1) is 10.5 Å². The molecule has 0 amide bonds. The molecule has 0 nitrogen and oxygen atoms in total. The van der Waals surface area contributed by atoms with Crippen molar-refractivity contribution in [2.45, 2.75) is 12.3 Å². The second kappa shape index (κ2) is 5.78. The number of aryl methyl sites for hydroxylation is 1. The van der Waals surface area contributed by atoms with Crippen molar-refractivity contribution in [2.24, 2.45) is 0 Å². The number of benzene rings is 1. The summed E-state index contributed by atoms with van der Waals surface area (Å²) in [7, 11) is 0. The van der Waals surface area contributed by atoms with Crippen LogP contribution in [0.15, 0.2) is 28.1 Å². The minimum absolute atomic E-state index is 0.143. The Hall–Kier alpha value is 0.710. The van der Waals surface area contributed by atoms with Gasteiger partial charge in [-0.2, -0.15) is 0 Å². The van der Waals surface area contributed by atoms with Gasteiger partial charge in [-0.1, -0.05) is 29.8 Å². The Kier molecular flexibility index (Phi) is 4.80. The third-order valence-electron chi connectivity index (χ3n) is 2.41. The van der Waals surface area contributed by atoms with E-state index in [-0.39, 0.29) is 5.38 Å². The van der Waals surface area contributed by atoms with Crippen molar-refractivity contribution in [1.29, 1.82) is 0 Å². The molecule has 0 spiro atoms. The van der Waals surface area contributed by atoms with E-state index < -0.39 is 0 Å². The molecule has 0 radical (unpaired) electrons. The van der Waals surface area contributed by atoms with Gasteiger partial charge in [-0.15, -0.1) is 22.9 Å². The van der Waals surface area contributed by atoms with Crippen molar-refractivity contribution in [3.63, 3.8) is 0 Å². The van der Waals surface area contributed by atoms with E-state index in [0.717, 1.165) is 19.2 Å². The lowest BCUT2D eigenvalue weighted by atomic mass is 10.1. The standard InChI is InChI=1S/C12H8BrCl2IS/c1-6-3-2-4-7(11(6)16)10(15)9-5-8(14)12(13)17-9/h2-5,10H,1H3. The van der Waals surface area contributed by atoms with Crippen LogP contribution in [0.5, 0.6) is 0 Å². The Balaban J connectivity index is 2.43. The van der Waals surface area contributed by atoms with E-state index in [1.807, 2.05) is 12.1 Å². The smallest absolute Gasteiger partial charge is 0.0939 e. The number of hydrogen-bond donors (Lipinski definition) is 0. The molecule has 2 aromatic rings. The first-order chi connectivity index (χ1) is 8.00. The molecule has 1 heterocycles. The zero-order valence-electron chi connectivity index (χ0n) is 8.81. The summed E-state index contributed by atoms with van der Waals surface area (Å²) in [5.41, 5.74) is 2.38. The highest BCUT2D eigenvalue weighted by Crippen LogP contribution is 2.41. The van der Waals surface area contributed by atoms with Gasteiger partial charge in [0.25, 0.3) is 0 Å². The third kappa shape index (κ3) is 3.00. The summed E-state index contributed by atoms with van der Waals surface area (Å²) in [6, 6.07) is 8.11. The maximum Gasteiger partial charge on any atom is 0.0939 e. The molecule has 90 valence electrons. The minimum Gasteiger partial charge on any atom is -0.130 e. The highest BCUT2D eigenvalue weighted by Gasteiger charge is 2.18. The molecule has 0 saturated heterocycles. The molecule has 0 aliphatic heterocycles. The lowest BCUT2D eigenvalue weighted by Crippen LogP contribution is -1.95. The zero-order valence-corrected chi connectivity index (χ0v) is 14.9. The number of alkyl halides is 1. The third-order valence-corrected chi connectivity index (χ3v) is 7.02. The van der Waals surface area contributed by atoms with Gasteiger partial charge in [0.1, 0.15) is 0 Å². The zero-order chi connectivity index (χ0) is 12.6. The van der Waals surface area contributed by atoms with Crippen LogP contribution in [0.1, 0.15) is 21.4 Å². The Labute approximate surface area is 137 Å². The molecular formula is C12H8BrCl2IS. The molecule has 17 heavy (non-hydrogen) atoms. The lowest BCUT2D eigenvalue weighted by molar-refractivity contribution is 1.15. The van der Waals surface area contributed by atoms with Crippen LogP contribution in [0.4, 0.5) is 0 Å². The predicted molar refractivity (Wildman–Crippen MR) is 88.6 cm³/mol. The highest BCUT2D eigenvalue weighted by atomic mass is 127. The molecule has 1 aromatic carbocycles. The van der Waals surface area contributed by atoms with Crippen LogP contribution in [0.25, 0.3) is 0 Å². The maximum atomic E-state index is 6.52. The predicted octanol–water partition coefficient (Wildman–Crippen LogP) is 6.41. The molecule has 1 aromatic heterocycles. The van der Waals surface area contributed by atoms with Gasteiger partial charge in [0.05, 0.1) is 14.2 Å². The molecule has 0 saturated carbocycles. The quantitative estimate of drug-likeness (QED) is 0.358. The van der Waals surface area contributed by atoms with Crippen molar-refractivity contribution >= 4 is 73.1 Å². The molecule has 2 rings (SSSR count). The number of rotatable bonds is 2.